The molecule has 184 valence electrons. The van der Waals surface area contributed by atoms with E-state index in [1.807, 2.05) is 27.7 Å². The monoisotopic (exact) mass is 478 g/mol. The molecule has 3 aliphatic heterocycles. The normalized spacial score (nSPS) is 32.6. The Kier molecular flexibility index (Phi) is 7.39. The number of ether oxygens (including phenoxy) is 1. The van der Waals surface area contributed by atoms with Crippen LogP contribution in [0, 0.1) is 11.8 Å². The van der Waals surface area contributed by atoms with Crippen LogP contribution in [-0.4, -0.2) is 80.1 Å². The third kappa shape index (κ3) is 4.25. The van der Waals surface area contributed by atoms with Gasteiger partial charge in [-0.3, -0.25) is 14.4 Å². The Morgan fingerprint density at radius 3 is 2.58 bits per heavy atom. The van der Waals surface area contributed by atoms with Gasteiger partial charge in [0.2, 0.25) is 11.8 Å². The number of aliphatic hydroxyl groups is 1. The average molecular weight is 479 g/mol. The summed E-state index contributed by atoms with van der Waals surface area (Å²) in [5.41, 5.74) is -0.458. The molecule has 8 heteroatoms. The number of fused-ring (bicyclic) bond motifs is 1. The van der Waals surface area contributed by atoms with Gasteiger partial charge in [0.15, 0.2) is 0 Å². The van der Waals surface area contributed by atoms with Gasteiger partial charge in [0.05, 0.1) is 23.2 Å². The Morgan fingerprint density at radius 1 is 1.30 bits per heavy atom. The van der Waals surface area contributed by atoms with Crippen molar-refractivity contribution in [2.24, 2.45) is 11.8 Å². The highest BCUT2D eigenvalue weighted by atomic mass is 32.2. The van der Waals surface area contributed by atoms with Crippen molar-refractivity contribution in [1.82, 2.24) is 9.80 Å². The first-order chi connectivity index (χ1) is 15.5. The minimum atomic E-state index is -0.682. The molecule has 3 rings (SSSR count). The number of esters is 1. The second kappa shape index (κ2) is 9.45. The molecule has 3 aliphatic rings. The quantitative estimate of drug-likeness (QED) is 0.295. The van der Waals surface area contributed by atoms with Crippen molar-refractivity contribution in [1.29, 1.82) is 0 Å². The number of likely N-dealkylation sites (tertiary alicyclic amines) is 1. The van der Waals surface area contributed by atoms with Crippen LogP contribution in [0.1, 0.15) is 53.4 Å². The Balaban J connectivity index is 2.04. The van der Waals surface area contributed by atoms with Crippen LogP contribution in [0.2, 0.25) is 0 Å². The fourth-order valence-electron chi connectivity index (χ4n) is 5.85. The summed E-state index contributed by atoms with van der Waals surface area (Å²) in [5, 5.41) is 9.46. The van der Waals surface area contributed by atoms with E-state index in [9.17, 15) is 19.5 Å². The smallest absolute Gasteiger partial charge is 0.311 e. The zero-order valence-electron chi connectivity index (χ0n) is 20.3. The van der Waals surface area contributed by atoms with E-state index >= 15 is 0 Å². The van der Waals surface area contributed by atoms with Gasteiger partial charge in [-0.15, -0.1) is 24.9 Å². The third-order valence-electron chi connectivity index (χ3n) is 7.28. The molecule has 0 aliphatic carbocycles. The lowest BCUT2D eigenvalue weighted by molar-refractivity contribution is -0.155. The van der Waals surface area contributed by atoms with Gasteiger partial charge in [-0.1, -0.05) is 12.2 Å². The number of carbonyl (C=O) groups is 3. The van der Waals surface area contributed by atoms with E-state index in [0.717, 1.165) is 6.42 Å². The van der Waals surface area contributed by atoms with Gasteiger partial charge < -0.3 is 19.6 Å². The van der Waals surface area contributed by atoms with Crippen LogP contribution >= 0.6 is 11.8 Å². The van der Waals surface area contributed by atoms with E-state index in [1.54, 1.807) is 33.7 Å². The molecule has 3 heterocycles. The summed E-state index contributed by atoms with van der Waals surface area (Å²) < 4.78 is 4.43. The van der Waals surface area contributed by atoms with E-state index in [2.05, 4.69) is 13.2 Å². The van der Waals surface area contributed by atoms with Gasteiger partial charge in [0.1, 0.15) is 6.04 Å². The number of nitrogens with zero attached hydrogens (tertiary/aromatic N) is 2. The molecule has 2 amide bonds. The number of thioether (sulfide) groups is 1. The van der Waals surface area contributed by atoms with Crippen LogP contribution in [0.5, 0.6) is 0 Å². The second-order valence-electron chi connectivity index (χ2n) is 10.5. The number of rotatable bonds is 10. The van der Waals surface area contributed by atoms with Crippen molar-refractivity contribution in [2.75, 3.05) is 26.3 Å². The van der Waals surface area contributed by atoms with E-state index < -0.39 is 32.9 Å². The van der Waals surface area contributed by atoms with E-state index in [1.165, 1.54) is 0 Å². The summed E-state index contributed by atoms with van der Waals surface area (Å²) >= 11 is 1.63. The lowest BCUT2D eigenvalue weighted by atomic mass is 9.66. The van der Waals surface area contributed by atoms with E-state index in [4.69, 9.17) is 4.74 Å². The van der Waals surface area contributed by atoms with Crippen molar-refractivity contribution in [3.8, 4) is 0 Å². The second-order valence-corrected chi connectivity index (χ2v) is 12.4. The van der Waals surface area contributed by atoms with Crippen molar-refractivity contribution < 1.29 is 24.2 Å². The lowest BCUT2D eigenvalue weighted by Gasteiger charge is -2.42. The number of hydrogen-bond acceptors (Lipinski definition) is 6. The fourth-order valence-corrected chi connectivity index (χ4v) is 8.19. The van der Waals surface area contributed by atoms with Crippen molar-refractivity contribution in [3.05, 3.63) is 25.3 Å². The molecule has 5 atom stereocenters. The van der Waals surface area contributed by atoms with Crippen LogP contribution in [0.15, 0.2) is 25.3 Å². The van der Waals surface area contributed by atoms with Crippen molar-refractivity contribution in [2.45, 2.75) is 74.5 Å². The molecule has 0 saturated carbocycles. The lowest BCUT2D eigenvalue weighted by Crippen LogP contribution is -2.58. The van der Waals surface area contributed by atoms with Crippen molar-refractivity contribution in [3.63, 3.8) is 0 Å². The predicted molar refractivity (Wildman–Crippen MR) is 130 cm³/mol. The van der Waals surface area contributed by atoms with E-state index in [0.29, 0.717) is 25.8 Å². The fraction of sp³-hybridized carbons (Fsp3) is 0.720. The minimum Gasteiger partial charge on any atom is -0.465 e. The molecule has 33 heavy (non-hydrogen) atoms. The third-order valence-corrected chi connectivity index (χ3v) is 9.26. The van der Waals surface area contributed by atoms with Crippen molar-refractivity contribution >= 4 is 29.5 Å². The number of carbonyl (C=O) groups excluding carboxylic acids is 3. The molecule has 1 spiro atoms. The molecule has 3 fully saturated rings. The summed E-state index contributed by atoms with van der Waals surface area (Å²) in [5.74, 6) is -1.84. The van der Waals surface area contributed by atoms with Gasteiger partial charge in [0.25, 0.3) is 0 Å². The SMILES string of the molecule is C=CCCOC(=O)[C@@H]1[C@H]2C(=O)N(CCCO)C(C(=O)N(CC=C)C(C)(C)C)C23CC[C@@]1(C)S3. The Hall–Kier alpha value is -1.80. The van der Waals surface area contributed by atoms with Gasteiger partial charge in [0, 0.05) is 30.0 Å². The summed E-state index contributed by atoms with van der Waals surface area (Å²) in [4.78, 5) is 44.5. The molecule has 3 saturated heterocycles. The highest BCUT2D eigenvalue weighted by molar-refractivity contribution is 8.02. The first kappa shape index (κ1) is 25.8. The molecular formula is C25H38N2O5S. The topological polar surface area (TPSA) is 87.1 Å². The summed E-state index contributed by atoms with van der Waals surface area (Å²) in [6, 6.07) is -0.682. The van der Waals surface area contributed by atoms with Crippen LogP contribution in [-0.2, 0) is 19.1 Å². The van der Waals surface area contributed by atoms with Gasteiger partial charge >= 0.3 is 5.97 Å². The minimum absolute atomic E-state index is 0.0735. The molecule has 0 radical (unpaired) electrons. The van der Waals surface area contributed by atoms with Crippen LogP contribution in [0.4, 0.5) is 0 Å². The summed E-state index contributed by atoms with van der Waals surface area (Å²) in [7, 11) is 0. The first-order valence-corrected chi connectivity index (χ1v) is 12.6. The average Bonchev–Trinajstić information content (AvgIpc) is 3.30. The Bertz CT molecular complexity index is 824. The zero-order chi connectivity index (χ0) is 24.6. The molecule has 1 N–H and O–H groups in total. The Labute approximate surface area is 201 Å². The number of hydrogen-bond donors (Lipinski definition) is 1. The van der Waals surface area contributed by atoms with Crippen LogP contribution in [0.3, 0.4) is 0 Å². The molecule has 2 unspecified atom stereocenters. The summed E-state index contributed by atoms with van der Waals surface area (Å²) in [6.07, 6.45) is 5.77. The maximum absolute atomic E-state index is 14.1. The summed E-state index contributed by atoms with van der Waals surface area (Å²) in [6.45, 7) is 16.2. The number of aliphatic hydroxyl groups excluding tert-OH is 1. The largest absolute Gasteiger partial charge is 0.465 e. The maximum atomic E-state index is 14.1. The first-order valence-electron chi connectivity index (χ1n) is 11.8. The standard InChI is InChI=1S/C25H38N2O5S/c1-7-9-16-32-22(31)18-17-20(29)26(14-10-15-28)19(25(17)12-11-24(18,6)33-25)21(30)27(13-8-2)23(3,4)5/h7-8,17-19,28H,1-2,9-16H2,3-6H3/t17-,18-,19?,24+,25?/m0/s1. The van der Waals surface area contributed by atoms with Gasteiger partial charge in [-0.05, 0) is 53.4 Å². The van der Waals surface area contributed by atoms with Crippen LogP contribution in [0.25, 0.3) is 0 Å². The van der Waals surface area contributed by atoms with Gasteiger partial charge in [-0.25, -0.2) is 0 Å². The molecule has 2 bridgehead atoms. The maximum Gasteiger partial charge on any atom is 0.311 e. The van der Waals surface area contributed by atoms with E-state index in [-0.39, 0.29) is 37.5 Å². The number of amides is 2. The van der Waals surface area contributed by atoms with Crippen LogP contribution < -0.4 is 0 Å². The molecule has 7 nitrogen and oxygen atoms in total. The molecule has 0 aromatic heterocycles. The highest BCUT2D eigenvalue weighted by Crippen LogP contribution is 2.71. The zero-order valence-corrected chi connectivity index (χ0v) is 21.2. The predicted octanol–water partition coefficient (Wildman–Crippen LogP) is 2.78. The van der Waals surface area contributed by atoms with Gasteiger partial charge in [-0.2, -0.15) is 0 Å². The molecule has 0 aromatic rings. The highest BCUT2D eigenvalue weighted by Gasteiger charge is 2.77. The Morgan fingerprint density at radius 2 is 2.00 bits per heavy atom. The molecule has 0 aromatic carbocycles. The molecular weight excluding hydrogens is 440 g/mol.